The molecule has 1 saturated heterocycles. The maximum atomic E-state index is 13.4. The molecule has 0 saturated carbocycles. The number of nitrogens with two attached hydrogens (primary N) is 1. The quantitative estimate of drug-likeness (QED) is 0.438. The standard InChI is InChI=1S/C26H25N9O2/c27-24-29-15-19(16-30-24)22-21-7-9-35(23(21)33-25(32-22)34-10-12-37-13-11-34)26(36)31-20-5-3-17(4-6-20)18-2-1-8-28-14-18/h1-6,8,14-16H,7,9-13H2,(H,31,36)(H2,27,29,30). The van der Waals surface area contributed by atoms with Crippen molar-refractivity contribution in [1.29, 1.82) is 0 Å². The van der Waals surface area contributed by atoms with E-state index >= 15 is 0 Å². The van der Waals surface area contributed by atoms with Crippen molar-refractivity contribution in [2.45, 2.75) is 6.42 Å². The number of hydrogen-bond donors (Lipinski definition) is 2. The van der Waals surface area contributed by atoms with Crippen molar-refractivity contribution in [3.05, 3.63) is 66.7 Å². The molecular weight excluding hydrogens is 470 g/mol. The summed E-state index contributed by atoms with van der Waals surface area (Å²) in [6, 6.07) is 11.3. The minimum absolute atomic E-state index is 0.193. The van der Waals surface area contributed by atoms with Crippen molar-refractivity contribution >= 4 is 29.4 Å². The fraction of sp³-hybridized carbons (Fsp3) is 0.231. The minimum atomic E-state index is -0.251. The van der Waals surface area contributed by atoms with Gasteiger partial charge in [-0.2, -0.15) is 4.98 Å². The van der Waals surface area contributed by atoms with Crippen LogP contribution in [-0.4, -0.2) is 63.8 Å². The summed E-state index contributed by atoms with van der Waals surface area (Å²) in [5, 5.41) is 3.01. The van der Waals surface area contributed by atoms with E-state index in [1.165, 1.54) is 0 Å². The van der Waals surface area contributed by atoms with Gasteiger partial charge in [-0.1, -0.05) is 18.2 Å². The van der Waals surface area contributed by atoms with Gasteiger partial charge in [-0.3, -0.25) is 9.88 Å². The maximum Gasteiger partial charge on any atom is 0.327 e. The Morgan fingerprint density at radius 2 is 1.70 bits per heavy atom. The van der Waals surface area contributed by atoms with E-state index in [-0.39, 0.29) is 12.0 Å². The zero-order valence-corrected chi connectivity index (χ0v) is 20.0. The highest BCUT2D eigenvalue weighted by atomic mass is 16.5. The van der Waals surface area contributed by atoms with Crippen LogP contribution in [-0.2, 0) is 11.2 Å². The van der Waals surface area contributed by atoms with Crippen molar-refractivity contribution in [2.24, 2.45) is 0 Å². The predicted octanol–water partition coefficient (Wildman–Crippen LogP) is 3.01. The summed E-state index contributed by atoms with van der Waals surface area (Å²) in [5.74, 6) is 1.33. The molecule has 0 spiro atoms. The van der Waals surface area contributed by atoms with Gasteiger partial charge in [0, 0.05) is 61.2 Å². The van der Waals surface area contributed by atoms with Gasteiger partial charge < -0.3 is 20.7 Å². The van der Waals surface area contributed by atoms with E-state index in [0.717, 1.165) is 22.3 Å². The van der Waals surface area contributed by atoms with Gasteiger partial charge in [0.15, 0.2) is 0 Å². The van der Waals surface area contributed by atoms with Gasteiger partial charge in [0.05, 0.1) is 18.9 Å². The summed E-state index contributed by atoms with van der Waals surface area (Å²) >= 11 is 0. The third-order valence-corrected chi connectivity index (χ3v) is 6.43. The molecule has 0 bridgehead atoms. The van der Waals surface area contributed by atoms with Crippen LogP contribution in [0.5, 0.6) is 0 Å². The first-order valence-electron chi connectivity index (χ1n) is 12.1. The fourth-order valence-corrected chi connectivity index (χ4v) is 4.52. The number of nitrogens with one attached hydrogen (secondary N) is 1. The van der Waals surface area contributed by atoms with Crippen LogP contribution in [0.1, 0.15) is 5.56 Å². The smallest absolute Gasteiger partial charge is 0.327 e. The first kappa shape index (κ1) is 22.8. The third kappa shape index (κ3) is 4.64. The molecule has 4 aromatic rings. The summed E-state index contributed by atoms with van der Waals surface area (Å²) in [7, 11) is 0. The van der Waals surface area contributed by atoms with Gasteiger partial charge in [0.25, 0.3) is 0 Å². The topological polar surface area (TPSA) is 135 Å². The van der Waals surface area contributed by atoms with E-state index in [0.29, 0.717) is 62.4 Å². The van der Waals surface area contributed by atoms with Gasteiger partial charge in [-0.05, 0) is 35.7 Å². The maximum absolute atomic E-state index is 13.4. The van der Waals surface area contributed by atoms with Gasteiger partial charge >= 0.3 is 6.03 Å². The Kier molecular flexibility index (Phi) is 6.03. The highest BCUT2D eigenvalue weighted by Crippen LogP contribution is 2.36. The Morgan fingerprint density at radius 1 is 0.919 bits per heavy atom. The minimum Gasteiger partial charge on any atom is -0.378 e. The second kappa shape index (κ2) is 9.78. The molecule has 3 N–H and O–H groups in total. The van der Waals surface area contributed by atoms with E-state index in [1.54, 1.807) is 23.5 Å². The van der Waals surface area contributed by atoms with Crippen LogP contribution in [0.3, 0.4) is 0 Å². The number of carbonyl (C=O) groups excluding carboxylic acids is 1. The molecule has 2 amide bonds. The zero-order chi connectivity index (χ0) is 25.2. The van der Waals surface area contributed by atoms with Crippen molar-refractivity contribution in [3.8, 4) is 22.4 Å². The average Bonchev–Trinajstić information content (AvgIpc) is 3.39. The van der Waals surface area contributed by atoms with Gasteiger partial charge in [-0.15, -0.1) is 0 Å². The molecule has 0 radical (unpaired) electrons. The Morgan fingerprint density at radius 3 is 2.43 bits per heavy atom. The number of benzene rings is 1. The first-order valence-corrected chi connectivity index (χ1v) is 12.1. The molecule has 0 unspecified atom stereocenters. The second-order valence-corrected chi connectivity index (χ2v) is 8.75. The molecule has 2 aliphatic heterocycles. The molecule has 0 aliphatic carbocycles. The lowest BCUT2D eigenvalue weighted by Gasteiger charge is -2.28. The molecule has 2 aliphatic rings. The van der Waals surface area contributed by atoms with E-state index in [4.69, 9.17) is 20.4 Å². The summed E-state index contributed by atoms with van der Waals surface area (Å²) in [6.07, 6.45) is 7.48. The molecule has 5 heterocycles. The lowest BCUT2D eigenvalue weighted by molar-refractivity contribution is 0.122. The number of rotatable bonds is 4. The van der Waals surface area contributed by atoms with Gasteiger partial charge in [-0.25, -0.2) is 19.7 Å². The number of morpholine rings is 1. The zero-order valence-electron chi connectivity index (χ0n) is 20.0. The molecule has 1 aromatic carbocycles. The second-order valence-electron chi connectivity index (χ2n) is 8.75. The van der Waals surface area contributed by atoms with Crippen molar-refractivity contribution < 1.29 is 9.53 Å². The van der Waals surface area contributed by atoms with Gasteiger partial charge in [0.1, 0.15) is 5.82 Å². The van der Waals surface area contributed by atoms with Crippen molar-refractivity contribution in [3.63, 3.8) is 0 Å². The number of urea groups is 1. The van der Waals surface area contributed by atoms with Crippen LogP contribution in [0.15, 0.2) is 61.2 Å². The van der Waals surface area contributed by atoms with Crippen molar-refractivity contribution in [1.82, 2.24) is 24.9 Å². The van der Waals surface area contributed by atoms with E-state index in [2.05, 4.69) is 25.2 Å². The molecule has 11 nitrogen and oxygen atoms in total. The summed E-state index contributed by atoms with van der Waals surface area (Å²) in [5.41, 5.74) is 10.8. The fourth-order valence-electron chi connectivity index (χ4n) is 4.52. The predicted molar refractivity (Wildman–Crippen MR) is 140 cm³/mol. The number of aromatic nitrogens is 5. The number of carbonyl (C=O) groups is 1. The number of anilines is 4. The Balaban J connectivity index is 1.30. The highest BCUT2D eigenvalue weighted by molar-refractivity contribution is 6.03. The van der Waals surface area contributed by atoms with Crippen LogP contribution < -0.4 is 20.9 Å². The van der Waals surface area contributed by atoms with E-state index in [9.17, 15) is 4.79 Å². The first-order chi connectivity index (χ1) is 18.2. The Bertz CT molecular complexity index is 1410. The third-order valence-electron chi connectivity index (χ3n) is 6.43. The molecule has 6 rings (SSSR count). The highest BCUT2D eigenvalue weighted by Gasteiger charge is 2.32. The van der Waals surface area contributed by atoms with Crippen LogP contribution in [0, 0.1) is 0 Å². The lowest BCUT2D eigenvalue weighted by atomic mass is 10.1. The van der Waals surface area contributed by atoms with Crippen LogP contribution >= 0.6 is 0 Å². The lowest BCUT2D eigenvalue weighted by Crippen LogP contribution is -2.38. The number of pyridine rings is 1. The molecule has 11 heteroatoms. The number of hydrogen-bond acceptors (Lipinski definition) is 9. The van der Waals surface area contributed by atoms with E-state index < -0.39 is 0 Å². The normalized spacial score (nSPS) is 14.9. The molecule has 3 aromatic heterocycles. The molecule has 186 valence electrons. The summed E-state index contributed by atoms with van der Waals surface area (Å²) in [4.78, 5) is 39.2. The van der Waals surface area contributed by atoms with Crippen molar-refractivity contribution in [2.75, 3.05) is 53.7 Å². The number of nitrogen functional groups attached to an aromatic ring is 1. The largest absolute Gasteiger partial charge is 0.378 e. The number of fused-ring (bicyclic) bond motifs is 1. The van der Waals surface area contributed by atoms with Crippen LogP contribution in [0.2, 0.25) is 0 Å². The molecule has 37 heavy (non-hydrogen) atoms. The molecular formula is C26H25N9O2. The average molecular weight is 496 g/mol. The van der Waals surface area contributed by atoms with Crippen LogP contribution in [0.25, 0.3) is 22.4 Å². The summed E-state index contributed by atoms with van der Waals surface area (Å²) < 4.78 is 5.50. The van der Waals surface area contributed by atoms with E-state index in [1.807, 2.05) is 42.6 Å². The number of amides is 2. The molecule has 1 fully saturated rings. The Labute approximate surface area is 213 Å². The summed E-state index contributed by atoms with van der Waals surface area (Å²) in [6.45, 7) is 3.02. The Hall–Kier alpha value is -4.64. The van der Waals surface area contributed by atoms with Gasteiger partial charge in [0.2, 0.25) is 11.9 Å². The number of nitrogens with zero attached hydrogens (tertiary/aromatic N) is 7. The number of ether oxygens (including phenoxy) is 1. The van der Waals surface area contributed by atoms with Crippen LogP contribution in [0.4, 0.5) is 28.2 Å². The SMILES string of the molecule is Nc1ncc(-c2nc(N3CCOCC3)nc3c2CCN3C(=O)Nc2ccc(-c3cccnc3)cc2)cn1. The molecule has 0 atom stereocenters. The monoisotopic (exact) mass is 495 g/mol.